The van der Waals surface area contributed by atoms with Crippen LogP contribution in [0.1, 0.15) is 22.3 Å². The Morgan fingerprint density at radius 3 is 2.40 bits per heavy atom. The molecule has 0 radical (unpaired) electrons. The van der Waals surface area contributed by atoms with E-state index in [0.717, 1.165) is 9.87 Å². The average Bonchev–Trinajstić information content (AvgIpc) is 2.82. The quantitative estimate of drug-likeness (QED) is 0.889. The maximum Gasteiger partial charge on any atom is 0.257 e. The van der Waals surface area contributed by atoms with Gasteiger partial charge in [-0.3, -0.25) is 9.59 Å². The summed E-state index contributed by atoms with van der Waals surface area (Å²) >= 11 is 6.14. The van der Waals surface area contributed by atoms with Gasteiger partial charge in [0.15, 0.2) is 0 Å². The Kier molecular flexibility index (Phi) is 4.53. The Morgan fingerprint density at radius 2 is 1.84 bits per heavy atom. The highest BCUT2D eigenvalue weighted by Crippen LogP contribution is 2.29. The minimum atomic E-state index is -3.67. The zero-order valence-corrected chi connectivity index (χ0v) is 14.9. The van der Waals surface area contributed by atoms with Gasteiger partial charge < -0.3 is 5.32 Å². The fourth-order valence-corrected chi connectivity index (χ4v) is 4.23. The van der Waals surface area contributed by atoms with Crippen molar-refractivity contribution in [1.29, 1.82) is 0 Å². The molecule has 0 atom stereocenters. The number of amides is 2. The van der Waals surface area contributed by atoms with Crippen LogP contribution >= 0.6 is 11.6 Å². The number of aryl methyl sites for hydroxylation is 1. The first-order valence-corrected chi connectivity index (χ1v) is 9.50. The molecule has 0 aromatic heterocycles. The normalized spacial score (nSPS) is 16.1. The summed E-state index contributed by atoms with van der Waals surface area (Å²) in [5.74, 6) is -1.15. The van der Waals surface area contributed by atoms with E-state index in [1.165, 1.54) is 18.2 Å². The lowest BCUT2D eigenvalue weighted by atomic mass is 10.1. The molecule has 2 amide bonds. The van der Waals surface area contributed by atoms with Crippen molar-refractivity contribution in [2.24, 2.45) is 0 Å². The maximum absolute atomic E-state index is 12.3. The first-order valence-electron chi connectivity index (χ1n) is 7.51. The Balaban J connectivity index is 1.86. The van der Waals surface area contributed by atoms with Crippen LogP contribution in [0.5, 0.6) is 0 Å². The molecule has 8 heteroatoms. The van der Waals surface area contributed by atoms with Gasteiger partial charge in [0.25, 0.3) is 5.91 Å². The molecule has 1 saturated heterocycles. The van der Waals surface area contributed by atoms with Gasteiger partial charge in [0.2, 0.25) is 15.9 Å². The van der Waals surface area contributed by atoms with Gasteiger partial charge in [-0.25, -0.2) is 12.7 Å². The molecule has 0 aliphatic carbocycles. The minimum absolute atomic E-state index is 0.0599. The second-order valence-electron chi connectivity index (χ2n) is 5.71. The number of hydrogen-bond donors (Lipinski definition) is 1. The van der Waals surface area contributed by atoms with E-state index in [-0.39, 0.29) is 28.4 Å². The number of anilines is 2. The van der Waals surface area contributed by atoms with Crippen molar-refractivity contribution in [3.05, 3.63) is 58.6 Å². The molecular weight excluding hydrogens is 364 g/mol. The van der Waals surface area contributed by atoms with Gasteiger partial charge in [-0.15, -0.1) is 0 Å². The van der Waals surface area contributed by atoms with Crippen molar-refractivity contribution in [2.75, 3.05) is 15.4 Å². The number of nitrogens with zero attached hydrogens (tertiary/aromatic N) is 1. The third-order valence-corrected chi connectivity index (χ3v) is 5.82. The molecule has 130 valence electrons. The van der Waals surface area contributed by atoms with Crippen molar-refractivity contribution < 1.29 is 18.0 Å². The molecule has 1 heterocycles. The van der Waals surface area contributed by atoms with Crippen LogP contribution < -0.4 is 9.62 Å². The molecule has 25 heavy (non-hydrogen) atoms. The van der Waals surface area contributed by atoms with Gasteiger partial charge in [-0.2, -0.15) is 0 Å². The van der Waals surface area contributed by atoms with E-state index < -0.39 is 21.8 Å². The monoisotopic (exact) mass is 378 g/mol. The summed E-state index contributed by atoms with van der Waals surface area (Å²) in [6.07, 6.45) is -0.0599. The molecule has 1 aliphatic rings. The van der Waals surface area contributed by atoms with E-state index >= 15 is 0 Å². The molecule has 0 saturated carbocycles. The summed E-state index contributed by atoms with van der Waals surface area (Å²) in [5.41, 5.74) is 2.01. The van der Waals surface area contributed by atoms with Crippen molar-refractivity contribution >= 4 is 44.8 Å². The number of rotatable bonds is 3. The Morgan fingerprint density at radius 1 is 1.16 bits per heavy atom. The highest BCUT2D eigenvalue weighted by Gasteiger charge is 2.36. The van der Waals surface area contributed by atoms with Crippen LogP contribution in [0.2, 0.25) is 5.02 Å². The average molecular weight is 379 g/mol. The summed E-state index contributed by atoms with van der Waals surface area (Å²) in [5, 5.41) is 2.78. The molecule has 2 aromatic rings. The van der Waals surface area contributed by atoms with Crippen LogP contribution in [0.3, 0.4) is 0 Å². The van der Waals surface area contributed by atoms with Crippen molar-refractivity contribution in [2.45, 2.75) is 13.3 Å². The fraction of sp³-hybridized carbons (Fsp3) is 0.176. The SMILES string of the molecule is Cc1ccc(NC(=O)c2ccc(N3C(=O)CCS3(=O)=O)cc2Cl)cc1. The zero-order valence-electron chi connectivity index (χ0n) is 13.3. The standard InChI is InChI=1S/C17H15ClN2O4S/c1-11-2-4-12(5-3-11)19-17(22)14-7-6-13(10-15(14)18)20-16(21)8-9-25(20,23)24/h2-7,10H,8-9H2,1H3,(H,19,22). The summed E-state index contributed by atoms with van der Waals surface area (Å²) in [6, 6.07) is 11.4. The van der Waals surface area contributed by atoms with Crippen LogP contribution in [0.15, 0.2) is 42.5 Å². The number of nitrogens with one attached hydrogen (secondary N) is 1. The lowest BCUT2D eigenvalue weighted by Gasteiger charge is -2.16. The lowest BCUT2D eigenvalue weighted by molar-refractivity contribution is -0.116. The van der Waals surface area contributed by atoms with Gasteiger partial charge >= 0.3 is 0 Å². The summed E-state index contributed by atoms with van der Waals surface area (Å²) < 4.78 is 24.6. The molecule has 0 spiro atoms. The third kappa shape index (κ3) is 3.52. The van der Waals surface area contributed by atoms with E-state index in [4.69, 9.17) is 11.6 Å². The molecule has 0 unspecified atom stereocenters. The molecule has 6 nitrogen and oxygen atoms in total. The molecule has 1 fully saturated rings. The van der Waals surface area contributed by atoms with E-state index in [1.54, 1.807) is 12.1 Å². The maximum atomic E-state index is 12.3. The molecule has 3 rings (SSSR count). The minimum Gasteiger partial charge on any atom is -0.322 e. The topological polar surface area (TPSA) is 83.6 Å². The van der Waals surface area contributed by atoms with Gasteiger partial charge in [-0.05, 0) is 37.3 Å². The smallest absolute Gasteiger partial charge is 0.257 e. The first-order chi connectivity index (χ1) is 11.8. The molecule has 1 aliphatic heterocycles. The van der Waals surface area contributed by atoms with E-state index in [9.17, 15) is 18.0 Å². The van der Waals surface area contributed by atoms with Crippen LogP contribution in [-0.2, 0) is 14.8 Å². The molecule has 1 N–H and O–H groups in total. The van der Waals surface area contributed by atoms with Gasteiger partial charge in [0.1, 0.15) is 0 Å². The Hall–Kier alpha value is -2.38. The number of sulfonamides is 1. The van der Waals surface area contributed by atoms with Crippen LogP contribution in [0.4, 0.5) is 11.4 Å². The van der Waals surface area contributed by atoms with E-state index in [1.807, 2.05) is 19.1 Å². The highest BCUT2D eigenvalue weighted by molar-refractivity contribution is 7.94. The highest BCUT2D eigenvalue weighted by atomic mass is 35.5. The van der Waals surface area contributed by atoms with Gasteiger partial charge in [0, 0.05) is 12.1 Å². The Bertz CT molecular complexity index is 955. The zero-order chi connectivity index (χ0) is 18.2. The Labute approximate surface area is 150 Å². The predicted octanol–water partition coefficient (Wildman–Crippen LogP) is 2.97. The summed E-state index contributed by atoms with van der Waals surface area (Å²) in [7, 11) is -3.67. The first kappa shape index (κ1) is 17.4. The van der Waals surface area contributed by atoms with Gasteiger partial charge in [0.05, 0.1) is 22.0 Å². The third-order valence-electron chi connectivity index (χ3n) is 3.82. The fourth-order valence-electron chi connectivity index (χ4n) is 2.52. The molecule has 2 aromatic carbocycles. The second-order valence-corrected chi connectivity index (χ2v) is 8.05. The lowest BCUT2D eigenvalue weighted by Crippen LogP contribution is -2.29. The van der Waals surface area contributed by atoms with Crippen LogP contribution in [-0.4, -0.2) is 26.0 Å². The van der Waals surface area contributed by atoms with E-state index in [2.05, 4.69) is 5.32 Å². The summed E-state index contributed by atoms with van der Waals surface area (Å²) in [4.78, 5) is 24.2. The van der Waals surface area contributed by atoms with Crippen molar-refractivity contribution in [1.82, 2.24) is 0 Å². The molecule has 0 bridgehead atoms. The predicted molar refractivity (Wildman–Crippen MR) is 96.5 cm³/mol. The van der Waals surface area contributed by atoms with Crippen molar-refractivity contribution in [3.8, 4) is 0 Å². The molecular formula is C17H15ClN2O4S. The number of benzene rings is 2. The second kappa shape index (κ2) is 6.50. The largest absolute Gasteiger partial charge is 0.322 e. The number of carbonyl (C=O) groups excluding carboxylic acids is 2. The summed E-state index contributed by atoms with van der Waals surface area (Å²) in [6.45, 7) is 1.94. The van der Waals surface area contributed by atoms with E-state index in [0.29, 0.717) is 5.69 Å². The number of carbonyl (C=O) groups is 2. The van der Waals surface area contributed by atoms with Gasteiger partial charge in [-0.1, -0.05) is 29.3 Å². The van der Waals surface area contributed by atoms with Crippen LogP contribution in [0.25, 0.3) is 0 Å². The van der Waals surface area contributed by atoms with Crippen molar-refractivity contribution in [3.63, 3.8) is 0 Å². The number of halogens is 1. The number of hydrogen-bond acceptors (Lipinski definition) is 4. The van der Waals surface area contributed by atoms with Crippen LogP contribution in [0, 0.1) is 6.92 Å².